The Morgan fingerprint density at radius 3 is 2.35 bits per heavy atom. The molecule has 0 aliphatic heterocycles. The van der Waals surface area contributed by atoms with Crippen molar-refractivity contribution in [2.75, 3.05) is 6.54 Å². The Hall–Kier alpha value is -4.50. The number of nitriles is 1. The number of nitrogens with one attached hydrogen (secondary N) is 1. The van der Waals surface area contributed by atoms with Crippen molar-refractivity contribution in [2.45, 2.75) is 116 Å². The van der Waals surface area contributed by atoms with Crippen molar-refractivity contribution in [3.8, 4) is 6.07 Å². The van der Waals surface area contributed by atoms with E-state index in [2.05, 4.69) is 60.8 Å². The molecule has 0 fully saturated rings. The molecule has 0 saturated heterocycles. The normalized spacial score (nSPS) is 12.5. The van der Waals surface area contributed by atoms with Crippen molar-refractivity contribution in [2.24, 2.45) is 0 Å². The molecule has 2 aromatic carbocycles. The van der Waals surface area contributed by atoms with Gasteiger partial charge in [-0.05, 0) is 68.9 Å². The fourth-order valence-electron chi connectivity index (χ4n) is 6.71. The average Bonchev–Trinajstić information content (AvgIpc) is 3.50. The second kappa shape index (κ2) is 20.8. The SMILES string of the molecule is CCCCCCCC/C=C\CCCC(CCCC/C=C(\C#N)c1cn(C(=O)CCNC(C)=O)c2ccccc12)c1nccc2ccccc12. The minimum atomic E-state index is -0.161. The van der Waals surface area contributed by atoms with Gasteiger partial charge in [0.1, 0.15) is 0 Å². The highest BCUT2D eigenvalue weighted by Crippen LogP contribution is 2.32. The number of nitrogens with zero attached hydrogens (tertiary/aromatic N) is 3. The molecule has 2 heterocycles. The van der Waals surface area contributed by atoms with Crippen LogP contribution in [0.1, 0.15) is 132 Å². The number of hydrogen-bond acceptors (Lipinski definition) is 4. The van der Waals surface area contributed by atoms with Crippen LogP contribution in [0.5, 0.6) is 0 Å². The maximum atomic E-state index is 13.0. The van der Waals surface area contributed by atoms with E-state index in [1.165, 1.54) is 68.3 Å². The third-order valence-corrected chi connectivity index (χ3v) is 9.36. The summed E-state index contributed by atoms with van der Waals surface area (Å²) >= 11 is 0. The number of amides is 1. The van der Waals surface area contributed by atoms with Gasteiger partial charge in [0.15, 0.2) is 0 Å². The molecule has 2 aromatic heterocycles. The Kier molecular flexibility index (Phi) is 15.8. The zero-order valence-electron chi connectivity index (χ0n) is 29.6. The van der Waals surface area contributed by atoms with Crippen LogP contribution in [-0.2, 0) is 4.79 Å². The summed E-state index contributed by atoms with van der Waals surface area (Å²) in [6, 6.07) is 20.8. The molecule has 0 radical (unpaired) electrons. The first-order chi connectivity index (χ1) is 24.0. The first-order valence-corrected chi connectivity index (χ1v) is 18.5. The predicted molar refractivity (Wildman–Crippen MR) is 203 cm³/mol. The standard InChI is InChI=1S/C43H54N4O2/c1-3-4-5-6-7-8-9-10-11-12-14-22-36(43-38-25-18-17-21-35(38)28-30-46-43)23-15-13-16-24-37(32-44)40-33-47(41-27-20-19-26-39(40)41)42(49)29-31-45-34(2)48/h10-11,17-21,24-28,30,33,36H,3-9,12-16,22-23,29,31H2,1-2H3,(H,45,48)/b11-10-,37-24+. The van der Waals surface area contributed by atoms with Crippen LogP contribution < -0.4 is 5.32 Å². The highest BCUT2D eigenvalue weighted by atomic mass is 16.2. The molecule has 1 amide bonds. The van der Waals surface area contributed by atoms with Gasteiger partial charge in [-0.15, -0.1) is 0 Å². The third-order valence-electron chi connectivity index (χ3n) is 9.36. The Morgan fingerprint density at radius 1 is 0.857 bits per heavy atom. The average molecular weight is 659 g/mol. The van der Waals surface area contributed by atoms with Crippen LogP contribution in [-0.4, -0.2) is 27.9 Å². The van der Waals surface area contributed by atoms with Crippen molar-refractivity contribution in [3.05, 3.63) is 96.5 Å². The molecular weight excluding hydrogens is 604 g/mol. The van der Waals surface area contributed by atoms with Crippen LogP contribution in [0.3, 0.4) is 0 Å². The van der Waals surface area contributed by atoms with Crippen molar-refractivity contribution in [3.63, 3.8) is 0 Å². The zero-order chi connectivity index (χ0) is 34.7. The van der Waals surface area contributed by atoms with E-state index in [0.29, 0.717) is 11.5 Å². The first-order valence-electron chi connectivity index (χ1n) is 18.5. The highest BCUT2D eigenvalue weighted by Gasteiger charge is 2.17. The molecule has 0 aliphatic carbocycles. The molecule has 4 aromatic rings. The van der Waals surface area contributed by atoms with Crippen molar-refractivity contribution < 1.29 is 9.59 Å². The lowest BCUT2D eigenvalue weighted by Crippen LogP contribution is -2.24. The Morgan fingerprint density at radius 2 is 1.55 bits per heavy atom. The van der Waals surface area contributed by atoms with Crippen LogP contribution in [0.2, 0.25) is 0 Å². The van der Waals surface area contributed by atoms with Gasteiger partial charge in [-0.1, -0.05) is 106 Å². The van der Waals surface area contributed by atoms with Crippen LogP contribution in [0.4, 0.5) is 0 Å². The van der Waals surface area contributed by atoms with Gasteiger partial charge in [-0.2, -0.15) is 5.26 Å². The number of allylic oxidation sites excluding steroid dienone is 4. The van der Waals surface area contributed by atoms with Crippen molar-refractivity contribution in [1.82, 2.24) is 14.9 Å². The molecule has 0 bridgehead atoms. The predicted octanol–water partition coefficient (Wildman–Crippen LogP) is 11.1. The number of hydrogen-bond donors (Lipinski definition) is 1. The quantitative estimate of drug-likeness (QED) is 0.0548. The number of benzene rings is 2. The number of aromatic nitrogens is 2. The maximum absolute atomic E-state index is 13.0. The lowest BCUT2D eigenvalue weighted by molar-refractivity contribution is -0.118. The molecule has 49 heavy (non-hydrogen) atoms. The monoisotopic (exact) mass is 658 g/mol. The van der Waals surface area contributed by atoms with Gasteiger partial charge < -0.3 is 5.32 Å². The molecule has 6 nitrogen and oxygen atoms in total. The Balaban J connectivity index is 1.36. The number of carbonyl (C=O) groups excluding carboxylic acids is 2. The Labute approximate surface area is 293 Å². The summed E-state index contributed by atoms with van der Waals surface area (Å²) in [4.78, 5) is 29.2. The van der Waals surface area contributed by atoms with Crippen LogP contribution in [0.15, 0.2) is 85.2 Å². The first kappa shape index (κ1) is 37.3. The fraction of sp³-hybridized carbons (Fsp3) is 0.442. The lowest BCUT2D eigenvalue weighted by atomic mass is 9.89. The smallest absolute Gasteiger partial charge is 0.232 e. The molecule has 1 N–H and O–H groups in total. The zero-order valence-corrected chi connectivity index (χ0v) is 29.6. The van der Waals surface area contributed by atoms with Gasteiger partial charge in [0, 0.05) is 54.5 Å². The van der Waals surface area contributed by atoms with E-state index >= 15 is 0 Å². The summed E-state index contributed by atoms with van der Waals surface area (Å²) in [5.74, 6) is 0.111. The largest absolute Gasteiger partial charge is 0.356 e. The van der Waals surface area contributed by atoms with Gasteiger partial charge >= 0.3 is 0 Å². The van der Waals surface area contributed by atoms with E-state index in [9.17, 15) is 14.9 Å². The number of carbonyl (C=O) groups is 2. The minimum absolute atomic E-state index is 0.116. The van der Waals surface area contributed by atoms with E-state index < -0.39 is 0 Å². The molecule has 1 atom stereocenters. The van der Waals surface area contributed by atoms with E-state index in [0.717, 1.165) is 61.4 Å². The summed E-state index contributed by atoms with van der Waals surface area (Å²) in [7, 11) is 0. The number of para-hydroxylation sites is 1. The third kappa shape index (κ3) is 11.6. The minimum Gasteiger partial charge on any atom is -0.356 e. The van der Waals surface area contributed by atoms with Gasteiger partial charge in [-0.25, -0.2) is 0 Å². The lowest BCUT2D eigenvalue weighted by Gasteiger charge is -2.18. The summed E-state index contributed by atoms with van der Waals surface area (Å²) in [6.45, 7) is 3.99. The molecule has 0 aliphatic rings. The van der Waals surface area contributed by atoms with Crippen LogP contribution >= 0.6 is 0 Å². The van der Waals surface area contributed by atoms with Gasteiger partial charge in [0.25, 0.3) is 0 Å². The van der Waals surface area contributed by atoms with E-state index in [4.69, 9.17) is 4.98 Å². The number of rotatable bonds is 21. The van der Waals surface area contributed by atoms with Gasteiger partial charge in [-0.3, -0.25) is 19.1 Å². The summed E-state index contributed by atoms with van der Waals surface area (Å²) < 4.78 is 1.61. The van der Waals surface area contributed by atoms with E-state index in [-0.39, 0.29) is 24.8 Å². The van der Waals surface area contributed by atoms with E-state index in [1.54, 1.807) is 10.8 Å². The molecule has 0 saturated carbocycles. The van der Waals surface area contributed by atoms with Crippen LogP contribution in [0, 0.1) is 11.3 Å². The molecule has 0 spiro atoms. The number of unbranched alkanes of at least 4 members (excludes halogenated alkanes) is 9. The highest BCUT2D eigenvalue weighted by molar-refractivity contribution is 6.01. The van der Waals surface area contributed by atoms with Gasteiger partial charge in [0.2, 0.25) is 11.8 Å². The summed E-state index contributed by atoms with van der Waals surface area (Å²) in [5, 5.41) is 16.2. The molecular formula is C43H54N4O2. The molecule has 1 unspecified atom stereocenters. The summed E-state index contributed by atoms with van der Waals surface area (Å²) in [6.07, 6.45) is 27.1. The van der Waals surface area contributed by atoms with Crippen molar-refractivity contribution >= 4 is 39.1 Å². The van der Waals surface area contributed by atoms with Crippen molar-refractivity contribution in [1.29, 1.82) is 5.26 Å². The fourth-order valence-corrected chi connectivity index (χ4v) is 6.71. The summed E-state index contributed by atoms with van der Waals surface area (Å²) in [5.41, 5.74) is 3.34. The molecule has 6 heteroatoms. The second-order valence-corrected chi connectivity index (χ2v) is 13.1. The molecule has 4 rings (SSSR count). The maximum Gasteiger partial charge on any atom is 0.232 e. The molecule has 258 valence electrons. The topological polar surface area (TPSA) is 87.8 Å². The Bertz CT molecular complexity index is 1740. The van der Waals surface area contributed by atoms with Gasteiger partial charge in [0.05, 0.1) is 22.9 Å². The van der Waals surface area contributed by atoms with E-state index in [1.807, 2.05) is 36.5 Å². The number of fused-ring (bicyclic) bond motifs is 2. The van der Waals surface area contributed by atoms with Crippen LogP contribution in [0.25, 0.3) is 27.2 Å². The second-order valence-electron chi connectivity index (χ2n) is 13.1. The number of pyridine rings is 1.